The molecule has 0 radical (unpaired) electrons. The van der Waals surface area contributed by atoms with Gasteiger partial charge in [0.2, 0.25) is 0 Å². The van der Waals surface area contributed by atoms with Crippen LogP contribution in [0.15, 0.2) is 146 Å². The van der Waals surface area contributed by atoms with E-state index in [1.165, 1.54) is 41.7 Å². The number of para-hydroxylation sites is 2. The Balaban J connectivity index is 1.20. The molecule has 5 heteroatoms. The highest BCUT2D eigenvalue weighted by molar-refractivity contribution is 7.26. The maximum absolute atomic E-state index is 10.2. The molecule has 0 bridgehead atoms. The summed E-state index contributed by atoms with van der Waals surface area (Å²) in [6, 6.07) is 49.5. The maximum atomic E-state index is 10.2. The molecular formula is C42H24N4S. The van der Waals surface area contributed by atoms with E-state index in [1.807, 2.05) is 35.9 Å². The summed E-state index contributed by atoms with van der Waals surface area (Å²) in [6.07, 6.45) is 3.86. The fourth-order valence-corrected chi connectivity index (χ4v) is 8.66. The number of rotatable bonds is 3. The lowest BCUT2D eigenvalue weighted by molar-refractivity contribution is 1.16. The molecule has 10 rings (SSSR count). The molecule has 0 atom stereocenters. The maximum Gasteiger partial charge on any atom is 0.0992 e. The van der Waals surface area contributed by atoms with Gasteiger partial charge in [0.15, 0.2) is 0 Å². The van der Waals surface area contributed by atoms with Crippen LogP contribution in [0.3, 0.4) is 0 Å². The van der Waals surface area contributed by atoms with Gasteiger partial charge in [-0.3, -0.25) is 4.98 Å². The number of thiophene rings is 1. The summed E-state index contributed by atoms with van der Waals surface area (Å²) in [5.41, 5.74) is 9.15. The average molecular weight is 617 g/mol. The lowest BCUT2D eigenvalue weighted by atomic mass is 10.0. The smallest absolute Gasteiger partial charge is 0.0992 e. The van der Waals surface area contributed by atoms with Crippen molar-refractivity contribution in [2.24, 2.45) is 0 Å². The molecule has 0 aliphatic carbocycles. The zero-order chi connectivity index (χ0) is 31.1. The molecule has 4 aromatic heterocycles. The predicted molar refractivity (Wildman–Crippen MR) is 196 cm³/mol. The van der Waals surface area contributed by atoms with Gasteiger partial charge >= 0.3 is 0 Å². The fourth-order valence-electron chi connectivity index (χ4n) is 7.41. The fraction of sp³-hybridized carbons (Fsp3) is 0. The third-order valence-corrected chi connectivity index (χ3v) is 10.6. The monoisotopic (exact) mass is 616 g/mol. The van der Waals surface area contributed by atoms with Crippen molar-refractivity contribution >= 4 is 75.1 Å². The summed E-state index contributed by atoms with van der Waals surface area (Å²) in [5.74, 6) is 0. The number of nitrogens with zero attached hydrogens (tertiary/aromatic N) is 4. The predicted octanol–water partition coefficient (Wildman–Crippen LogP) is 11.2. The highest BCUT2D eigenvalue weighted by atomic mass is 32.1. The van der Waals surface area contributed by atoms with Crippen molar-refractivity contribution in [1.82, 2.24) is 14.1 Å². The van der Waals surface area contributed by atoms with Gasteiger partial charge in [-0.1, -0.05) is 72.8 Å². The number of aromatic nitrogens is 3. The largest absolute Gasteiger partial charge is 0.309 e. The molecule has 0 amide bonds. The molecule has 0 aliphatic heterocycles. The Labute approximate surface area is 273 Å². The lowest BCUT2D eigenvalue weighted by Crippen LogP contribution is -1.97. The minimum Gasteiger partial charge on any atom is -0.309 e. The van der Waals surface area contributed by atoms with Crippen LogP contribution >= 0.6 is 11.3 Å². The van der Waals surface area contributed by atoms with Crippen LogP contribution < -0.4 is 0 Å². The Morgan fingerprint density at radius 2 is 1.26 bits per heavy atom. The van der Waals surface area contributed by atoms with E-state index in [4.69, 9.17) is 0 Å². The summed E-state index contributed by atoms with van der Waals surface area (Å²) in [6.45, 7) is 0. The second kappa shape index (κ2) is 9.89. The van der Waals surface area contributed by atoms with Crippen LogP contribution in [-0.4, -0.2) is 14.1 Å². The number of fused-ring (bicyclic) bond motifs is 10. The Kier molecular flexibility index (Phi) is 5.48. The summed E-state index contributed by atoms with van der Waals surface area (Å²) in [7, 11) is 0. The van der Waals surface area contributed by atoms with E-state index < -0.39 is 0 Å². The van der Waals surface area contributed by atoms with Gasteiger partial charge < -0.3 is 9.13 Å². The van der Waals surface area contributed by atoms with Gasteiger partial charge in [-0.25, -0.2) is 0 Å². The first-order valence-corrected chi connectivity index (χ1v) is 16.4. The van der Waals surface area contributed by atoms with E-state index >= 15 is 0 Å². The van der Waals surface area contributed by atoms with Gasteiger partial charge in [0.05, 0.1) is 39.9 Å². The number of benzene rings is 6. The Bertz CT molecular complexity index is 2880. The molecule has 0 aliphatic rings. The molecule has 218 valence electrons. The van der Waals surface area contributed by atoms with Crippen molar-refractivity contribution in [1.29, 1.82) is 5.26 Å². The van der Waals surface area contributed by atoms with Crippen molar-refractivity contribution in [2.45, 2.75) is 0 Å². The van der Waals surface area contributed by atoms with Crippen LogP contribution in [0.4, 0.5) is 0 Å². The Hall–Kier alpha value is -6.22. The molecule has 0 saturated heterocycles. The highest BCUT2D eigenvalue weighted by Gasteiger charge is 2.18. The number of nitriles is 1. The summed E-state index contributed by atoms with van der Waals surface area (Å²) in [4.78, 5) is 4.55. The van der Waals surface area contributed by atoms with Crippen molar-refractivity contribution in [3.8, 4) is 28.6 Å². The standard InChI is InChI=1S/C42H24N4S/c43-24-26-20-28(23-30(21-26)46-36-13-4-1-10-31(36)32-11-2-5-14-37(32)46)27-8-7-9-29(22-27)45-38-17-16-34-33-12-3-6-15-40(33)47-42(34)41(38)35-18-19-44-25-39(35)45/h1-23,25H. The van der Waals surface area contributed by atoms with E-state index in [0.717, 1.165) is 44.6 Å². The van der Waals surface area contributed by atoms with Crippen molar-refractivity contribution in [2.75, 3.05) is 0 Å². The quantitative estimate of drug-likeness (QED) is 0.198. The van der Waals surface area contributed by atoms with Crippen LogP contribution in [0.2, 0.25) is 0 Å². The van der Waals surface area contributed by atoms with E-state index in [9.17, 15) is 5.26 Å². The zero-order valence-corrected chi connectivity index (χ0v) is 25.9. The zero-order valence-electron chi connectivity index (χ0n) is 25.1. The van der Waals surface area contributed by atoms with E-state index in [1.54, 1.807) is 0 Å². The Morgan fingerprint density at radius 1 is 0.532 bits per heavy atom. The van der Waals surface area contributed by atoms with Crippen LogP contribution in [0.25, 0.3) is 86.3 Å². The molecule has 0 N–H and O–H groups in total. The topological polar surface area (TPSA) is 46.5 Å². The van der Waals surface area contributed by atoms with Gasteiger partial charge in [0, 0.05) is 59.3 Å². The van der Waals surface area contributed by atoms with E-state index in [0.29, 0.717) is 5.56 Å². The molecule has 4 heterocycles. The third kappa shape index (κ3) is 3.77. The van der Waals surface area contributed by atoms with Crippen molar-refractivity contribution < 1.29 is 0 Å². The van der Waals surface area contributed by atoms with Gasteiger partial charge in [0.25, 0.3) is 0 Å². The summed E-state index contributed by atoms with van der Waals surface area (Å²) >= 11 is 1.85. The second-order valence-electron chi connectivity index (χ2n) is 12.0. The van der Waals surface area contributed by atoms with E-state index in [-0.39, 0.29) is 0 Å². The van der Waals surface area contributed by atoms with Crippen molar-refractivity contribution in [3.63, 3.8) is 0 Å². The average Bonchev–Trinajstić information content (AvgIpc) is 3.79. The number of hydrogen-bond donors (Lipinski definition) is 0. The first-order chi connectivity index (χ1) is 23.3. The number of hydrogen-bond acceptors (Lipinski definition) is 3. The third-order valence-electron chi connectivity index (χ3n) is 9.40. The highest BCUT2D eigenvalue weighted by Crippen LogP contribution is 2.43. The molecule has 10 aromatic rings. The SMILES string of the molecule is N#Cc1cc(-c2cccc(-n3c4cnccc4c4c5sc6ccccc6c5ccc43)c2)cc(-n2c3ccccc3c3ccccc32)c1. The van der Waals surface area contributed by atoms with Crippen LogP contribution in [0.1, 0.15) is 5.56 Å². The molecule has 6 aromatic carbocycles. The van der Waals surface area contributed by atoms with Crippen LogP contribution in [-0.2, 0) is 0 Å². The molecule has 0 spiro atoms. The molecule has 4 nitrogen and oxygen atoms in total. The summed E-state index contributed by atoms with van der Waals surface area (Å²) in [5, 5.41) is 17.6. The lowest BCUT2D eigenvalue weighted by Gasteiger charge is -2.13. The first-order valence-electron chi connectivity index (χ1n) is 15.6. The normalized spacial score (nSPS) is 11.8. The van der Waals surface area contributed by atoms with Gasteiger partial charge in [-0.2, -0.15) is 5.26 Å². The Morgan fingerprint density at radius 3 is 2.06 bits per heavy atom. The molecule has 0 saturated carbocycles. The minimum absolute atomic E-state index is 0.623. The van der Waals surface area contributed by atoms with Crippen LogP contribution in [0.5, 0.6) is 0 Å². The first kappa shape index (κ1) is 26.0. The van der Waals surface area contributed by atoms with Crippen molar-refractivity contribution in [3.05, 3.63) is 151 Å². The van der Waals surface area contributed by atoms with Gasteiger partial charge in [-0.05, 0) is 71.8 Å². The molecule has 0 unspecified atom stereocenters. The van der Waals surface area contributed by atoms with Gasteiger partial charge in [-0.15, -0.1) is 11.3 Å². The van der Waals surface area contributed by atoms with Gasteiger partial charge in [0.1, 0.15) is 0 Å². The van der Waals surface area contributed by atoms with E-state index in [2.05, 4.69) is 142 Å². The number of pyridine rings is 1. The van der Waals surface area contributed by atoms with Crippen LogP contribution in [0, 0.1) is 11.3 Å². The second-order valence-corrected chi connectivity index (χ2v) is 13.0. The summed E-state index contributed by atoms with van der Waals surface area (Å²) < 4.78 is 7.19. The minimum atomic E-state index is 0.623. The molecular weight excluding hydrogens is 593 g/mol. The molecule has 0 fully saturated rings. The molecule has 47 heavy (non-hydrogen) atoms.